The molecule has 0 aliphatic carbocycles. The van der Waals surface area contributed by atoms with Gasteiger partial charge in [0.15, 0.2) is 11.5 Å². The molecule has 4 rings (SSSR count). The van der Waals surface area contributed by atoms with Crippen molar-refractivity contribution in [2.45, 2.75) is 19.9 Å². The first-order valence-corrected chi connectivity index (χ1v) is 9.29. The maximum absolute atomic E-state index is 12.9. The number of carbonyl (C=O) groups excluding carboxylic acids is 1. The Morgan fingerprint density at radius 3 is 2.86 bits per heavy atom. The first-order valence-electron chi connectivity index (χ1n) is 8.41. The lowest BCUT2D eigenvalue weighted by atomic mass is 10.2. The Bertz CT molecular complexity index is 1170. The fraction of sp³-hybridized carbons (Fsp3) is 0.222. The normalized spacial score (nSPS) is 12.3. The minimum atomic E-state index is -1.20. The summed E-state index contributed by atoms with van der Waals surface area (Å²) >= 11 is 1.10. The molecule has 0 radical (unpaired) electrons. The summed E-state index contributed by atoms with van der Waals surface area (Å²) in [6, 6.07) is 4.98. The molecule has 1 aliphatic heterocycles. The summed E-state index contributed by atoms with van der Waals surface area (Å²) in [7, 11) is 0. The van der Waals surface area contributed by atoms with E-state index in [1.54, 1.807) is 18.2 Å². The summed E-state index contributed by atoms with van der Waals surface area (Å²) in [6.45, 7) is 1.65. The van der Waals surface area contributed by atoms with Gasteiger partial charge in [-0.05, 0) is 12.1 Å². The standard InChI is InChI=1S/C18H15N3O6S/c1-2-13-20-16-15(10(7-28-16)18(24)25)17(23)21(13)6-14(22)19-9-3-4-11-12(5-9)27-8-26-11/h3-5,7H,2,6,8H2,1H3,(H,19,22)(H,24,25). The maximum Gasteiger partial charge on any atom is 0.337 e. The van der Waals surface area contributed by atoms with Crippen LogP contribution in [0.1, 0.15) is 23.1 Å². The number of hydrogen-bond acceptors (Lipinski definition) is 7. The van der Waals surface area contributed by atoms with Gasteiger partial charge in [0, 0.05) is 23.6 Å². The van der Waals surface area contributed by atoms with Crippen molar-refractivity contribution >= 4 is 39.1 Å². The van der Waals surface area contributed by atoms with Crippen molar-refractivity contribution in [3.8, 4) is 11.5 Å². The zero-order valence-electron chi connectivity index (χ0n) is 14.7. The van der Waals surface area contributed by atoms with Crippen molar-refractivity contribution in [3.63, 3.8) is 0 Å². The number of benzene rings is 1. The van der Waals surface area contributed by atoms with Gasteiger partial charge in [-0.25, -0.2) is 9.78 Å². The lowest BCUT2D eigenvalue weighted by Crippen LogP contribution is -2.31. The number of aromatic nitrogens is 2. The highest BCUT2D eigenvalue weighted by molar-refractivity contribution is 7.17. The quantitative estimate of drug-likeness (QED) is 0.672. The first kappa shape index (κ1) is 18.0. The Hall–Kier alpha value is -3.40. The van der Waals surface area contributed by atoms with Gasteiger partial charge < -0.3 is 19.9 Å². The molecule has 2 N–H and O–H groups in total. The molecule has 0 spiro atoms. The fourth-order valence-corrected chi connectivity index (χ4v) is 3.90. The predicted octanol–water partition coefficient (Wildman–Crippen LogP) is 2.09. The monoisotopic (exact) mass is 401 g/mol. The molecule has 0 saturated carbocycles. The van der Waals surface area contributed by atoms with Gasteiger partial charge >= 0.3 is 5.97 Å². The number of carboxylic acid groups (broad SMARTS) is 1. The third-order valence-electron chi connectivity index (χ3n) is 4.28. The van der Waals surface area contributed by atoms with E-state index in [9.17, 15) is 19.5 Å². The zero-order valence-corrected chi connectivity index (χ0v) is 15.5. The third-order valence-corrected chi connectivity index (χ3v) is 5.15. The molecule has 3 aromatic rings. The van der Waals surface area contributed by atoms with Gasteiger partial charge in [-0.2, -0.15) is 0 Å². The number of rotatable bonds is 5. The highest BCUT2D eigenvalue weighted by atomic mass is 32.1. The van der Waals surface area contributed by atoms with Gasteiger partial charge in [-0.15, -0.1) is 11.3 Å². The Balaban J connectivity index is 1.65. The van der Waals surface area contributed by atoms with E-state index in [1.807, 2.05) is 6.92 Å². The second kappa shape index (κ2) is 6.97. The molecule has 0 atom stereocenters. The Kier molecular flexibility index (Phi) is 4.47. The molecule has 3 heterocycles. The molecule has 2 aromatic heterocycles. The van der Waals surface area contributed by atoms with Crippen molar-refractivity contribution < 1.29 is 24.2 Å². The molecule has 1 amide bonds. The Morgan fingerprint density at radius 2 is 2.11 bits per heavy atom. The molecule has 10 heteroatoms. The highest BCUT2D eigenvalue weighted by Crippen LogP contribution is 2.34. The summed E-state index contributed by atoms with van der Waals surface area (Å²) in [5.74, 6) is -0.112. The number of ether oxygens (including phenoxy) is 2. The topological polar surface area (TPSA) is 120 Å². The van der Waals surface area contributed by atoms with Gasteiger partial charge in [-0.3, -0.25) is 14.2 Å². The number of fused-ring (bicyclic) bond motifs is 2. The summed E-state index contributed by atoms with van der Waals surface area (Å²) < 4.78 is 11.7. The average Bonchev–Trinajstić information content (AvgIpc) is 3.30. The molecule has 0 bridgehead atoms. The van der Waals surface area contributed by atoms with E-state index >= 15 is 0 Å². The minimum Gasteiger partial charge on any atom is -0.478 e. The van der Waals surface area contributed by atoms with Crippen LogP contribution in [-0.4, -0.2) is 33.3 Å². The number of thiophene rings is 1. The number of aryl methyl sites for hydroxylation is 1. The number of hydrogen-bond donors (Lipinski definition) is 2. The smallest absolute Gasteiger partial charge is 0.337 e. The van der Waals surface area contributed by atoms with E-state index in [0.717, 1.165) is 11.3 Å². The molecule has 144 valence electrons. The molecule has 9 nitrogen and oxygen atoms in total. The van der Waals surface area contributed by atoms with E-state index in [2.05, 4.69) is 10.3 Å². The second-order valence-electron chi connectivity index (χ2n) is 6.02. The van der Waals surface area contributed by atoms with Crippen molar-refractivity contribution in [2.24, 2.45) is 0 Å². The van der Waals surface area contributed by atoms with E-state index < -0.39 is 17.4 Å². The van der Waals surface area contributed by atoms with Crippen LogP contribution in [0.25, 0.3) is 10.2 Å². The number of carboxylic acids is 1. The van der Waals surface area contributed by atoms with E-state index in [-0.39, 0.29) is 24.3 Å². The number of amides is 1. The Morgan fingerprint density at radius 1 is 1.32 bits per heavy atom. The maximum atomic E-state index is 12.9. The number of nitrogens with zero attached hydrogens (tertiary/aromatic N) is 2. The van der Waals surface area contributed by atoms with Gasteiger partial charge in [-0.1, -0.05) is 6.92 Å². The van der Waals surface area contributed by atoms with Gasteiger partial charge in [0.2, 0.25) is 12.7 Å². The number of nitrogens with one attached hydrogen (secondary N) is 1. The van der Waals surface area contributed by atoms with Crippen LogP contribution in [0.2, 0.25) is 0 Å². The highest BCUT2D eigenvalue weighted by Gasteiger charge is 2.20. The summed E-state index contributed by atoms with van der Waals surface area (Å²) in [4.78, 5) is 41.5. The Labute approximate surface area is 162 Å². The first-order chi connectivity index (χ1) is 13.5. The second-order valence-corrected chi connectivity index (χ2v) is 6.88. The van der Waals surface area contributed by atoms with Crippen LogP contribution >= 0.6 is 11.3 Å². The van der Waals surface area contributed by atoms with Crippen LogP contribution in [0.5, 0.6) is 11.5 Å². The molecule has 0 saturated heterocycles. The number of anilines is 1. The average molecular weight is 401 g/mol. The van der Waals surface area contributed by atoms with Crippen LogP contribution in [0.15, 0.2) is 28.4 Å². The van der Waals surface area contributed by atoms with Crippen LogP contribution in [-0.2, 0) is 17.8 Å². The lowest BCUT2D eigenvalue weighted by Gasteiger charge is -2.12. The van der Waals surface area contributed by atoms with Crippen molar-refractivity contribution in [2.75, 3.05) is 12.1 Å². The third kappa shape index (κ3) is 3.07. The van der Waals surface area contributed by atoms with E-state index in [0.29, 0.717) is 34.3 Å². The van der Waals surface area contributed by atoms with E-state index in [4.69, 9.17) is 9.47 Å². The summed E-state index contributed by atoms with van der Waals surface area (Å²) in [5.41, 5.74) is -0.150. The van der Waals surface area contributed by atoms with Crippen LogP contribution in [0.3, 0.4) is 0 Å². The van der Waals surface area contributed by atoms with Crippen LogP contribution in [0.4, 0.5) is 5.69 Å². The largest absolute Gasteiger partial charge is 0.478 e. The molecule has 0 unspecified atom stereocenters. The molecule has 1 aromatic carbocycles. The summed E-state index contributed by atoms with van der Waals surface area (Å²) in [5, 5.41) is 13.4. The van der Waals surface area contributed by atoms with Crippen molar-refractivity contribution in [3.05, 3.63) is 45.3 Å². The van der Waals surface area contributed by atoms with Gasteiger partial charge in [0.05, 0.1) is 10.9 Å². The predicted molar refractivity (Wildman–Crippen MR) is 101 cm³/mol. The molecular formula is C18H15N3O6S. The molecule has 1 aliphatic rings. The lowest BCUT2D eigenvalue weighted by molar-refractivity contribution is -0.116. The van der Waals surface area contributed by atoms with Gasteiger partial charge in [0.25, 0.3) is 5.56 Å². The summed E-state index contributed by atoms with van der Waals surface area (Å²) in [6.07, 6.45) is 0.419. The van der Waals surface area contributed by atoms with Crippen LogP contribution < -0.4 is 20.3 Å². The van der Waals surface area contributed by atoms with Gasteiger partial charge in [0.1, 0.15) is 17.2 Å². The van der Waals surface area contributed by atoms with Crippen molar-refractivity contribution in [1.82, 2.24) is 9.55 Å². The van der Waals surface area contributed by atoms with Crippen molar-refractivity contribution in [1.29, 1.82) is 0 Å². The number of aromatic carboxylic acids is 1. The SMILES string of the molecule is CCc1nc2scc(C(=O)O)c2c(=O)n1CC(=O)Nc1ccc2c(c1)OCO2. The molecular weight excluding hydrogens is 386 g/mol. The zero-order chi connectivity index (χ0) is 19.8. The fourth-order valence-electron chi connectivity index (χ4n) is 2.98. The minimum absolute atomic E-state index is 0.0191. The van der Waals surface area contributed by atoms with E-state index in [1.165, 1.54) is 9.95 Å². The van der Waals surface area contributed by atoms with Crippen LogP contribution in [0, 0.1) is 0 Å². The molecule has 0 fully saturated rings. The number of carbonyl (C=O) groups is 2. The molecule has 28 heavy (non-hydrogen) atoms.